The topological polar surface area (TPSA) is 118 Å². The molecule has 0 aliphatic carbocycles. The van der Waals surface area contributed by atoms with Crippen molar-refractivity contribution in [2.45, 2.75) is 0 Å². The first-order valence-electron chi connectivity index (χ1n) is 4.61. The molecule has 7 nitrogen and oxygen atoms in total. The van der Waals surface area contributed by atoms with E-state index in [9.17, 15) is 21.6 Å². The van der Waals surface area contributed by atoms with Gasteiger partial charge in [-0.15, -0.1) is 0 Å². The summed E-state index contributed by atoms with van der Waals surface area (Å²) in [6.07, 6.45) is 0.773. The van der Waals surface area contributed by atoms with Crippen molar-refractivity contribution in [2.75, 3.05) is 16.1 Å². The number of carboxylic acid groups (broad SMARTS) is 1. The number of nitrogens with one attached hydrogen (secondary N) is 1. The van der Waals surface area contributed by atoms with Crippen LogP contribution < -0.4 is 4.72 Å². The Morgan fingerprint density at radius 2 is 1.78 bits per heavy atom. The second-order valence-corrected chi connectivity index (χ2v) is 7.84. The monoisotopic (exact) mass is 293 g/mol. The standard InChI is InChI=1S/C9H11NO6S2/c1-17(13,14)6-18(15,16)10-8-5-3-2-4-7(8)9(11)12/h2-5,10H,6H2,1H3,(H,11,12). The molecule has 18 heavy (non-hydrogen) atoms. The van der Waals surface area contributed by atoms with Crippen molar-refractivity contribution in [3.8, 4) is 0 Å². The normalized spacial score (nSPS) is 12.1. The van der Waals surface area contributed by atoms with E-state index in [1.54, 1.807) is 0 Å². The highest BCUT2D eigenvalue weighted by atomic mass is 32.3. The van der Waals surface area contributed by atoms with Gasteiger partial charge in [0.05, 0.1) is 11.3 Å². The predicted octanol–water partition coefficient (Wildman–Crippen LogP) is 0.129. The fourth-order valence-electron chi connectivity index (χ4n) is 1.24. The summed E-state index contributed by atoms with van der Waals surface area (Å²) in [5, 5.41) is 7.74. The zero-order valence-corrected chi connectivity index (χ0v) is 11.0. The highest BCUT2D eigenvalue weighted by Gasteiger charge is 2.20. The van der Waals surface area contributed by atoms with Crippen LogP contribution in [0.15, 0.2) is 24.3 Å². The Kier molecular flexibility index (Phi) is 3.97. The number of anilines is 1. The summed E-state index contributed by atoms with van der Waals surface area (Å²) in [5.74, 6) is -1.31. The third-order valence-corrected chi connectivity index (χ3v) is 5.28. The lowest BCUT2D eigenvalue weighted by Gasteiger charge is -2.09. The number of hydrogen-bond acceptors (Lipinski definition) is 5. The third-order valence-electron chi connectivity index (χ3n) is 1.79. The van der Waals surface area contributed by atoms with Crippen LogP contribution in [0.4, 0.5) is 5.69 Å². The molecule has 0 unspecified atom stereocenters. The second-order valence-electron chi connectivity index (χ2n) is 3.61. The Bertz CT molecular complexity index is 662. The van der Waals surface area contributed by atoms with Gasteiger partial charge in [-0.1, -0.05) is 12.1 Å². The van der Waals surface area contributed by atoms with Crippen molar-refractivity contribution in [1.29, 1.82) is 0 Å². The fourth-order valence-corrected chi connectivity index (χ4v) is 4.24. The molecule has 1 rings (SSSR count). The number of aromatic carboxylic acids is 1. The summed E-state index contributed by atoms with van der Waals surface area (Å²) in [6, 6.07) is 5.31. The van der Waals surface area contributed by atoms with Gasteiger partial charge in [-0.05, 0) is 12.1 Å². The van der Waals surface area contributed by atoms with Crippen LogP contribution in [0.5, 0.6) is 0 Å². The zero-order chi connectivity index (χ0) is 14.0. The molecule has 0 amide bonds. The molecule has 0 heterocycles. The van der Waals surface area contributed by atoms with Gasteiger partial charge in [-0.2, -0.15) is 0 Å². The minimum Gasteiger partial charge on any atom is -0.478 e. The summed E-state index contributed by atoms with van der Waals surface area (Å²) in [6.45, 7) is 0. The van der Waals surface area contributed by atoms with Gasteiger partial charge < -0.3 is 5.11 Å². The van der Waals surface area contributed by atoms with E-state index >= 15 is 0 Å². The molecule has 100 valence electrons. The molecule has 0 fully saturated rings. The van der Waals surface area contributed by atoms with Crippen molar-refractivity contribution in [1.82, 2.24) is 0 Å². The van der Waals surface area contributed by atoms with Crippen LogP contribution in [-0.4, -0.2) is 39.3 Å². The fraction of sp³-hybridized carbons (Fsp3) is 0.222. The SMILES string of the molecule is CS(=O)(=O)CS(=O)(=O)Nc1ccccc1C(=O)O. The van der Waals surface area contributed by atoms with Crippen molar-refractivity contribution >= 4 is 31.5 Å². The average Bonchev–Trinajstić information content (AvgIpc) is 2.13. The lowest BCUT2D eigenvalue weighted by atomic mass is 10.2. The molecule has 0 aromatic heterocycles. The Morgan fingerprint density at radius 1 is 1.22 bits per heavy atom. The predicted molar refractivity (Wildman–Crippen MR) is 65.7 cm³/mol. The Balaban J connectivity index is 3.09. The van der Waals surface area contributed by atoms with E-state index in [0.29, 0.717) is 0 Å². The molecule has 1 aromatic carbocycles. The van der Waals surface area contributed by atoms with E-state index in [1.165, 1.54) is 24.3 Å². The van der Waals surface area contributed by atoms with Crippen LogP contribution in [0.2, 0.25) is 0 Å². The smallest absolute Gasteiger partial charge is 0.337 e. The van der Waals surface area contributed by atoms with Crippen molar-refractivity contribution in [3.05, 3.63) is 29.8 Å². The molecular formula is C9H11NO6S2. The third kappa shape index (κ3) is 4.34. The molecule has 0 radical (unpaired) electrons. The number of para-hydroxylation sites is 1. The summed E-state index contributed by atoms with van der Waals surface area (Å²) < 4.78 is 46.8. The first kappa shape index (κ1) is 14.5. The van der Waals surface area contributed by atoms with Gasteiger partial charge in [-0.3, -0.25) is 4.72 Å². The molecule has 0 atom stereocenters. The number of carboxylic acids is 1. The minimum absolute atomic E-state index is 0.173. The molecule has 0 aliphatic heterocycles. The first-order chi connectivity index (χ1) is 8.11. The maximum Gasteiger partial charge on any atom is 0.337 e. The highest BCUT2D eigenvalue weighted by Crippen LogP contribution is 2.16. The van der Waals surface area contributed by atoms with Crippen LogP contribution in [0, 0.1) is 0 Å². The van der Waals surface area contributed by atoms with Gasteiger partial charge in [0.2, 0.25) is 10.0 Å². The first-order valence-corrected chi connectivity index (χ1v) is 8.32. The van der Waals surface area contributed by atoms with Crippen molar-refractivity contribution in [2.24, 2.45) is 0 Å². The molecule has 0 saturated carbocycles. The summed E-state index contributed by atoms with van der Waals surface area (Å²) in [4.78, 5) is 10.8. The van der Waals surface area contributed by atoms with Crippen LogP contribution in [-0.2, 0) is 19.9 Å². The highest BCUT2D eigenvalue weighted by molar-refractivity contribution is 8.08. The van der Waals surface area contributed by atoms with E-state index in [2.05, 4.69) is 0 Å². The lowest BCUT2D eigenvalue weighted by Crippen LogP contribution is -2.23. The molecular weight excluding hydrogens is 282 g/mol. The number of sulfonamides is 1. The molecule has 9 heteroatoms. The average molecular weight is 293 g/mol. The zero-order valence-electron chi connectivity index (χ0n) is 9.32. The van der Waals surface area contributed by atoms with E-state index in [0.717, 1.165) is 6.26 Å². The van der Waals surface area contributed by atoms with E-state index < -0.39 is 30.9 Å². The van der Waals surface area contributed by atoms with Crippen molar-refractivity contribution in [3.63, 3.8) is 0 Å². The van der Waals surface area contributed by atoms with Crippen molar-refractivity contribution < 1.29 is 26.7 Å². The van der Waals surface area contributed by atoms with Gasteiger partial charge in [0, 0.05) is 6.26 Å². The Morgan fingerprint density at radius 3 is 2.28 bits per heavy atom. The van der Waals surface area contributed by atoms with Gasteiger partial charge in [0.15, 0.2) is 14.9 Å². The number of rotatable bonds is 5. The molecule has 1 aromatic rings. The molecule has 0 saturated heterocycles. The summed E-state index contributed by atoms with van der Waals surface area (Å²) in [7, 11) is -7.88. The number of sulfone groups is 1. The van der Waals surface area contributed by atoms with Gasteiger partial charge in [0.1, 0.15) is 0 Å². The quantitative estimate of drug-likeness (QED) is 0.796. The molecule has 0 spiro atoms. The molecule has 0 bridgehead atoms. The van der Waals surface area contributed by atoms with Gasteiger partial charge in [-0.25, -0.2) is 21.6 Å². The van der Waals surface area contributed by atoms with Crippen LogP contribution in [0.25, 0.3) is 0 Å². The largest absolute Gasteiger partial charge is 0.478 e. The van der Waals surface area contributed by atoms with E-state index in [-0.39, 0.29) is 11.3 Å². The van der Waals surface area contributed by atoms with Crippen LogP contribution >= 0.6 is 0 Å². The van der Waals surface area contributed by atoms with Crippen LogP contribution in [0.3, 0.4) is 0 Å². The number of carbonyl (C=O) groups is 1. The summed E-state index contributed by atoms with van der Waals surface area (Å²) >= 11 is 0. The van der Waals surface area contributed by atoms with Gasteiger partial charge >= 0.3 is 5.97 Å². The second kappa shape index (κ2) is 4.94. The molecule has 2 N–H and O–H groups in total. The Hall–Kier alpha value is -1.61. The maximum atomic E-state index is 11.5. The minimum atomic E-state index is -4.15. The van der Waals surface area contributed by atoms with Gasteiger partial charge in [0.25, 0.3) is 0 Å². The molecule has 0 aliphatic rings. The Labute approximate surface area is 104 Å². The summed E-state index contributed by atoms with van der Waals surface area (Å²) in [5.41, 5.74) is -0.428. The van der Waals surface area contributed by atoms with E-state index in [4.69, 9.17) is 5.11 Å². The number of benzene rings is 1. The van der Waals surface area contributed by atoms with E-state index in [1.807, 2.05) is 4.72 Å². The van der Waals surface area contributed by atoms with Crippen LogP contribution in [0.1, 0.15) is 10.4 Å². The maximum absolute atomic E-state index is 11.5. The number of hydrogen-bond donors (Lipinski definition) is 2. The lowest BCUT2D eigenvalue weighted by molar-refractivity contribution is 0.0698.